The fraction of sp³-hybridized carbons (Fsp3) is 0.391. The summed E-state index contributed by atoms with van der Waals surface area (Å²) in [4.78, 5) is 17.7. The molecule has 1 N–H and O–H groups in total. The minimum atomic E-state index is -0.234. The van der Waals surface area contributed by atoms with Crippen LogP contribution in [0.1, 0.15) is 60.8 Å². The van der Waals surface area contributed by atoms with E-state index >= 15 is 0 Å². The molecule has 29 heavy (non-hydrogen) atoms. The largest absolute Gasteiger partial charge is 0.487 e. The minimum absolute atomic E-state index is 0. The van der Waals surface area contributed by atoms with Gasteiger partial charge in [-0.25, -0.2) is 4.98 Å². The molecule has 0 aliphatic carbocycles. The van der Waals surface area contributed by atoms with Gasteiger partial charge in [-0.05, 0) is 37.5 Å². The van der Waals surface area contributed by atoms with Crippen LogP contribution in [0, 0.1) is 6.92 Å². The Morgan fingerprint density at radius 1 is 1.14 bits per heavy atom. The van der Waals surface area contributed by atoms with Crippen LogP contribution in [0.15, 0.2) is 48.7 Å². The minimum Gasteiger partial charge on any atom is -0.487 e. The van der Waals surface area contributed by atoms with Crippen molar-refractivity contribution in [2.24, 2.45) is 0 Å². The molecule has 0 saturated heterocycles. The van der Waals surface area contributed by atoms with E-state index in [0.29, 0.717) is 22.8 Å². The Balaban J connectivity index is 0.00000300. The predicted octanol–water partition coefficient (Wildman–Crippen LogP) is 4.98. The number of rotatable bonds is 9. The summed E-state index contributed by atoms with van der Waals surface area (Å²) < 4.78 is 7.93. The number of halogens is 1. The fourth-order valence-corrected chi connectivity index (χ4v) is 3.55. The molecule has 5 nitrogen and oxygen atoms in total. The van der Waals surface area contributed by atoms with Crippen LogP contribution in [0.2, 0.25) is 0 Å². The Kier molecular flexibility index (Phi) is 8.23. The van der Waals surface area contributed by atoms with E-state index in [0.717, 1.165) is 18.4 Å². The molecule has 0 aliphatic heterocycles. The molecule has 1 atom stereocenters. The van der Waals surface area contributed by atoms with E-state index in [2.05, 4.69) is 18.8 Å². The van der Waals surface area contributed by atoms with Gasteiger partial charge in [0.2, 0.25) is 0 Å². The molecular formula is C23H29ClN2O3. The number of benzene rings is 1. The van der Waals surface area contributed by atoms with E-state index in [4.69, 9.17) is 4.74 Å². The average molecular weight is 417 g/mol. The van der Waals surface area contributed by atoms with Crippen molar-refractivity contribution in [2.75, 3.05) is 6.61 Å². The first-order chi connectivity index (χ1) is 13.6. The van der Waals surface area contributed by atoms with Crippen LogP contribution >= 0.6 is 12.4 Å². The number of carbonyl (C=O) groups excluding carboxylic acids is 1. The van der Waals surface area contributed by atoms with Crippen LogP contribution in [0.5, 0.6) is 5.75 Å². The highest BCUT2D eigenvalue weighted by Crippen LogP contribution is 2.27. The second kappa shape index (κ2) is 10.4. The number of aliphatic hydroxyl groups excluding tert-OH is 1. The number of aryl methyl sites for hydroxylation is 1. The van der Waals surface area contributed by atoms with Crippen LogP contribution in [0.25, 0.3) is 5.65 Å². The molecule has 6 heteroatoms. The first-order valence-corrected chi connectivity index (χ1v) is 9.92. The number of hydrogen-bond acceptors (Lipinski definition) is 4. The van der Waals surface area contributed by atoms with Crippen LogP contribution in [-0.2, 0) is 0 Å². The van der Waals surface area contributed by atoms with E-state index in [9.17, 15) is 9.90 Å². The Bertz CT molecular complexity index is 936. The Morgan fingerprint density at radius 3 is 2.45 bits per heavy atom. The molecule has 156 valence electrons. The molecule has 0 spiro atoms. The normalized spacial score (nSPS) is 12.0. The van der Waals surface area contributed by atoms with E-state index < -0.39 is 0 Å². The summed E-state index contributed by atoms with van der Waals surface area (Å²) in [6.07, 6.45) is 4.03. The average Bonchev–Trinajstić information content (AvgIpc) is 3.07. The number of imidazole rings is 1. The van der Waals surface area contributed by atoms with Gasteiger partial charge in [-0.2, -0.15) is 0 Å². The van der Waals surface area contributed by atoms with E-state index in [1.807, 2.05) is 60.0 Å². The number of carbonyl (C=O) groups is 1. The van der Waals surface area contributed by atoms with Crippen molar-refractivity contribution in [3.05, 3.63) is 65.6 Å². The zero-order valence-corrected chi connectivity index (χ0v) is 18.0. The van der Waals surface area contributed by atoms with Crippen molar-refractivity contribution < 1.29 is 14.6 Å². The molecular weight excluding hydrogens is 388 g/mol. The van der Waals surface area contributed by atoms with Crippen molar-refractivity contribution in [2.45, 2.75) is 52.1 Å². The second-order valence-corrected chi connectivity index (χ2v) is 7.09. The quantitative estimate of drug-likeness (QED) is 0.499. The molecule has 0 unspecified atom stereocenters. The number of ether oxygens (including phenoxy) is 1. The number of ketones is 1. The number of pyridine rings is 1. The van der Waals surface area contributed by atoms with Gasteiger partial charge in [0, 0.05) is 18.5 Å². The lowest BCUT2D eigenvalue weighted by Gasteiger charge is -2.16. The van der Waals surface area contributed by atoms with Crippen molar-refractivity contribution >= 4 is 23.8 Å². The van der Waals surface area contributed by atoms with Gasteiger partial charge in [0.05, 0.1) is 18.4 Å². The summed E-state index contributed by atoms with van der Waals surface area (Å²) in [5, 5.41) is 9.81. The Hall–Kier alpha value is -2.37. The SMILES string of the molecule is CCC(CC)Oc1cccn2c(C(=O)C[C@@H](CO)c3ccccc3)c(C)nc12.Cl. The molecule has 0 fully saturated rings. The van der Waals surface area contributed by atoms with Crippen molar-refractivity contribution in [3.63, 3.8) is 0 Å². The highest BCUT2D eigenvalue weighted by atomic mass is 35.5. The standard InChI is InChI=1S/C23H28N2O3.ClH/c1-4-19(5-2)28-21-12-9-13-25-22(16(3)24-23(21)25)20(27)14-18(15-26)17-10-7-6-8-11-17;/h6-13,18-19,26H,4-5,14-15H2,1-3H3;1H/t18-;/m0./s1. The number of fused-ring (bicyclic) bond motifs is 1. The van der Waals surface area contributed by atoms with Crippen LogP contribution in [0.4, 0.5) is 0 Å². The maximum atomic E-state index is 13.1. The van der Waals surface area contributed by atoms with Crippen LogP contribution in [-0.4, -0.2) is 33.0 Å². The van der Waals surface area contributed by atoms with Gasteiger partial charge >= 0.3 is 0 Å². The lowest BCUT2D eigenvalue weighted by molar-refractivity contribution is 0.0953. The maximum Gasteiger partial charge on any atom is 0.182 e. The molecule has 2 aromatic heterocycles. The fourth-order valence-electron chi connectivity index (χ4n) is 3.55. The highest BCUT2D eigenvalue weighted by Gasteiger charge is 2.23. The van der Waals surface area contributed by atoms with Crippen molar-refractivity contribution in [3.8, 4) is 5.75 Å². The zero-order valence-electron chi connectivity index (χ0n) is 17.2. The third-order valence-corrected chi connectivity index (χ3v) is 5.18. The van der Waals surface area contributed by atoms with Crippen LogP contribution in [0.3, 0.4) is 0 Å². The van der Waals surface area contributed by atoms with E-state index in [-0.39, 0.29) is 43.2 Å². The Labute approximate surface area is 178 Å². The molecule has 1 aromatic carbocycles. The summed E-state index contributed by atoms with van der Waals surface area (Å²) in [6.45, 7) is 5.96. The topological polar surface area (TPSA) is 63.8 Å². The number of aliphatic hydroxyl groups is 1. The zero-order chi connectivity index (χ0) is 20.1. The summed E-state index contributed by atoms with van der Waals surface area (Å²) in [5.74, 6) is 0.426. The lowest BCUT2D eigenvalue weighted by Crippen LogP contribution is -2.15. The molecule has 3 aromatic rings. The number of hydrogen-bond donors (Lipinski definition) is 1. The number of aromatic nitrogens is 2. The third-order valence-electron chi connectivity index (χ3n) is 5.18. The maximum absolute atomic E-state index is 13.1. The van der Waals surface area contributed by atoms with Crippen molar-refractivity contribution in [1.29, 1.82) is 0 Å². The molecule has 0 saturated carbocycles. The molecule has 0 amide bonds. The van der Waals surface area contributed by atoms with Gasteiger partial charge in [-0.1, -0.05) is 44.2 Å². The van der Waals surface area contributed by atoms with E-state index in [1.54, 1.807) is 0 Å². The lowest BCUT2D eigenvalue weighted by atomic mass is 9.93. The van der Waals surface area contributed by atoms with Crippen molar-refractivity contribution in [1.82, 2.24) is 9.38 Å². The summed E-state index contributed by atoms with van der Waals surface area (Å²) in [7, 11) is 0. The first kappa shape index (κ1) is 22.9. The smallest absolute Gasteiger partial charge is 0.182 e. The molecule has 2 heterocycles. The molecule has 0 radical (unpaired) electrons. The molecule has 0 bridgehead atoms. The number of Topliss-reactive ketones (excluding diaryl/α,β-unsaturated/α-hetero) is 1. The molecule has 3 rings (SSSR count). The van der Waals surface area contributed by atoms with Gasteiger partial charge in [0.1, 0.15) is 5.69 Å². The van der Waals surface area contributed by atoms with E-state index in [1.165, 1.54) is 0 Å². The third kappa shape index (κ3) is 4.98. The summed E-state index contributed by atoms with van der Waals surface area (Å²) >= 11 is 0. The number of nitrogens with zero attached hydrogens (tertiary/aromatic N) is 2. The monoisotopic (exact) mass is 416 g/mol. The Morgan fingerprint density at radius 2 is 1.83 bits per heavy atom. The van der Waals surface area contributed by atoms with Gasteiger partial charge in [0.25, 0.3) is 0 Å². The van der Waals surface area contributed by atoms with Gasteiger partial charge in [-0.3, -0.25) is 9.20 Å². The predicted molar refractivity (Wildman–Crippen MR) is 117 cm³/mol. The van der Waals surface area contributed by atoms with Gasteiger partial charge in [0.15, 0.2) is 17.2 Å². The van der Waals surface area contributed by atoms with Crippen LogP contribution < -0.4 is 4.74 Å². The van der Waals surface area contributed by atoms with Gasteiger partial charge in [-0.15, -0.1) is 12.4 Å². The highest BCUT2D eigenvalue weighted by molar-refractivity contribution is 5.97. The van der Waals surface area contributed by atoms with Gasteiger partial charge < -0.3 is 9.84 Å². The second-order valence-electron chi connectivity index (χ2n) is 7.09. The molecule has 0 aliphatic rings. The summed E-state index contributed by atoms with van der Waals surface area (Å²) in [5.41, 5.74) is 2.85. The summed E-state index contributed by atoms with van der Waals surface area (Å²) in [6, 6.07) is 13.4. The first-order valence-electron chi connectivity index (χ1n) is 9.92.